The van der Waals surface area contributed by atoms with Gasteiger partial charge in [0.2, 0.25) is 0 Å². The lowest BCUT2D eigenvalue weighted by atomic mass is 10.0. The highest BCUT2D eigenvalue weighted by atomic mass is 32.1. The van der Waals surface area contributed by atoms with Gasteiger partial charge in [0.1, 0.15) is 5.75 Å². The van der Waals surface area contributed by atoms with Crippen molar-refractivity contribution in [2.24, 2.45) is 0 Å². The predicted octanol–water partition coefficient (Wildman–Crippen LogP) is 5.03. The highest BCUT2D eigenvalue weighted by Crippen LogP contribution is 2.34. The van der Waals surface area contributed by atoms with Gasteiger partial charge in [0, 0.05) is 38.1 Å². The molecule has 0 unspecified atom stereocenters. The second-order valence-electron chi connectivity index (χ2n) is 9.26. The summed E-state index contributed by atoms with van der Waals surface area (Å²) in [5.74, 6) is 0.501. The minimum atomic E-state index is -0.201. The van der Waals surface area contributed by atoms with Crippen LogP contribution >= 0.6 is 11.3 Å². The molecule has 0 spiro atoms. The highest BCUT2D eigenvalue weighted by molar-refractivity contribution is 7.07. The minimum Gasteiger partial charge on any atom is -0.496 e. The van der Waals surface area contributed by atoms with Crippen molar-refractivity contribution in [3.8, 4) is 5.75 Å². The van der Waals surface area contributed by atoms with E-state index in [0.29, 0.717) is 17.7 Å². The SMILES string of the molecule is COc1ccc(CN2CCN(c3cccc4c3C(=O)N(Cc3ccsc3)C4=O)CC2)c2ccccc12. The van der Waals surface area contributed by atoms with Gasteiger partial charge in [0.25, 0.3) is 11.8 Å². The maximum absolute atomic E-state index is 13.3. The molecule has 0 saturated carbocycles. The van der Waals surface area contributed by atoms with E-state index < -0.39 is 0 Å². The number of rotatable bonds is 6. The minimum absolute atomic E-state index is 0.191. The first-order valence-corrected chi connectivity index (χ1v) is 13.1. The van der Waals surface area contributed by atoms with Gasteiger partial charge in [-0.15, -0.1) is 0 Å². The summed E-state index contributed by atoms with van der Waals surface area (Å²) in [6.45, 7) is 4.54. The van der Waals surface area contributed by atoms with E-state index in [-0.39, 0.29) is 11.8 Å². The maximum atomic E-state index is 13.3. The number of amides is 2. The molecule has 6 rings (SSSR count). The van der Waals surface area contributed by atoms with Crippen molar-refractivity contribution < 1.29 is 14.3 Å². The number of imide groups is 1. The standard InChI is InChI=1S/C29H27N3O3S/c1-35-26-10-9-21(22-5-2-3-6-23(22)26)18-30-12-14-31(15-13-30)25-8-4-7-24-27(25)29(34)32(28(24)33)17-20-11-16-36-19-20/h2-11,16,19H,12-15,17-18H2,1H3. The first kappa shape index (κ1) is 22.8. The van der Waals surface area contributed by atoms with E-state index in [0.717, 1.165) is 55.1 Å². The summed E-state index contributed by atoms with van der Waals surface area (Å²) in [7, 11) is 1.71. The molecular formula is C29H27N3O3S. The molecule has 3 heterocycles. The molecule has 1 aromatic heterocycles. The molecule has 1 fully saturated rings. The normalized spacial score (nSPS) is 16.1. The molecular weight excluding hydrogens is 470 g/mol. The number of nitrogens with zero attached hydrogens (tertiary/aromatic N) is 3. The summed E-state index contributed by atoms with van der Waals surface area (Å²) in [6.07, 6.45) is 0. The van der Waals surface area contributed by atoms with Gasteiger partial charge in [-0.3, -0.25) is 19.4 Å². The van der Waals surface area contributed by atoms with Gasteiger partial charge in [-0.1, -0.05) is 36.4 Å². The Balaban J connectivity index is 1.18. The van der Waals surface area contributed by atoms with Gasteiger partial charge in [0.05, 0.1) is 30.5 Å². The molecule has 182 valence electrons. The number of fused-ring (bicyclic) bond motifs is 2. The Bertz CT molecular complexity index is 1440. The van der Waals surface area contributed by atoms with Gasteiger partial charge in [-0.25, -0.2) is 0 Å². The monoisotopic (exact) mass is 497 g/mol. The molecule has 0 aliphatic carbocycles. The smallest absolute Gasteiger partial charge is 0.263 e. The van der Waals surface area contributed by atoms with E-state index in [1.165, 1.54) is 15.8 Å². The first-order chi connectivity index (χ1) is 17.6. The number of carbonyl (C=O) groups excluding carboxylic acids is 2. The van der Waals surface area contributed by atoms with Crippen molar-refractivity contribution in [2.75, 3.05) is 38.2 Å². The van der Waals surface area contributed by atoms with Gasteiger partial charge in [0.15, 0.2) is 0 Å². The third kappa shape index (κ3) is 3.94. The fourth-order valence-electron chi connectivity index (χ4n) is 5.33. The summed E-state index contributed by atoms with van der Waals surface area (Å²) in [5.41, 5.74) is 4.20. The summed E-state index contributed by atoms with van der Waals surface area (Å²) in [6, 6.07) is 20.2. The van der Waals surface area contributed by atoms with Crippen molar-refractivity contribution in [2.45, 2.75) is 13.1 Å². The van der Waals surface area contributed by atoms with Crippen LogP contribution in [-0.4, -0.2) is 54.9 Å². The van der Waals surface area contributed by atoms with E-state index in [1.807, 2.05) is 41.1 Å². The van der Waals surface area contributed by atoms with Crippen LogP contribution in [0.4, 0.5) is 5.69 Å². The zero-order valence-corrected chi connectivity index (χ0v) is 21.0. The number of benzene rings is 3. The molecule has 6 nitrogen and oxygen atoms in total. The average Bonchev–Trinajstić information content (AvgIpc) is 3.52. The lowest BCUT2D eigenvalue weighted by Gasteiger charge is -2.37. The Morgan fingerprint density at radius 3 is 2.39 bits per heavy atom. The summed E-state index contributed by atoms with van der Waals surface area (Å²) < 4.78 is 5.55. The van der Waals surface area contributed by atoms with E-state index in [9.17, 15) is 9.59 Å². The Morgan fingerprint density at radius 2 is 1.64 bits per heavy atom. The lowest BCUT2D eigenvalue weighted by molar-refractivity contribution is 0.0642. The lowest BCUT2D eigenvalue weighted by Crippen LogP contribution is -2.46. The zero-order valence-electron chi connectivity index (χ0n) is 20.1. The summed E-state index contributed by atoms with van der Waals surface area (Å²) in [5, 5.41) is 6.30. The molecule has 2 amide bonds. The van der Waals surface area contributed by atoms with E-state index >= 15 is 0 Å². The van der Waals surface area contributed by atoms with Crippen LogP contribution in [0.2, 0.25) is 0 Å². The van der Waals surface area contributed by atoms with E-state index in [4.69, 9.17) is 4.74 Å². The summed E-state index contributed by atoms with van der Waals surface area (Å²) >= 11 is 1.57. The number of anilines is 1. The third-order valence-electron chi connectivity index (χ3n) is 7.20. The number of hydrogen-bond donors (Lipinski definition) is 0. The van der Waals surface area contributed by atoms with Crippen LogP contribution in [0.1, 0.15) is 31.8 Å². The Morgan fingerprint density at radius 1 is 0.833 bits per heavy atom. The Hall–Kier alpha value is -3.68. The van der Waals surface area contributed by atoms with Crippen molar-refractivity contribution in [3.05, 3.63) is 93.7 Å². The van der Waals surface area contributed by atoms with Gasteiger partial charge in [-0.2, -0.15) is 11.3 Å². The second kappa shape index (κ2) is 9.41. The van der Waals surface area contributed by atoms with Gasteiger partial charge >= 0.3 is 0 Å². The molecule has 2 aliphatic heterocycles. The molecule has 1 saturated heterocycles. The predicted molar refractivity (Wildman–Crippen MR) is 143 cm³/mol. The van der Waals surface area contributed by atoms with Crippen LogP contribution in [0, 0.1) is 0 Å². The van der Waals surface area contributed by atoms with E-state index in [2.05, 4.69) is 34.1 Å². The number of carbonyl (C=O) groups is 2. The van der Waals surface area contributed by atoms with Crippen LogP contribution in [0.25, 0.3) is 10.8 Å². The second-order valence-corrected chi connectivity index (χ2v) is 10.0. The number of thiophene rings is 1. The van der Waals surface area contributed by atoms with Crippen molar-refractivity contribution in [1.82, 2.24) is 9.80 Å². The highest BCUT2D eigenvalue weighted by Gasteiger charge is 2.38. The first-order valence-electron chi connectivity index (χ1n) is 12.2. The third-order valence-corrected chi connectivity index (χ3v) is 7.93. The zero-order chi connectivity index (χ0) is 24.6. The number of methoxy groups -OCH3 is 1. The topological polar surface area (TPSA) is 53.1 Å². The molecule has 2 aliphatic rings. The molecule has 0 radical (unpaired) electrons. The fourth-order valence-corrected chi connectivity index (χ4v) is 5.99. The molecule has 3 aromatic carbocycles. The average molecular weight is 498 g/mol. The number of ether oxygens (including phenoxy) is 1. The molecule has 4 aromatic rings. The van der Waals surface area contributed by atoms with Crippen molar-refractivity contribution in [3.63, 3.8) is 0 Å². The molecule has 0 atom stereocenters. The largest absolute Gasteiger partial charge is 0.496 e. The van der Waals surface area contributed by atoms with Gasteiger partial charge < -0.3 is 9.64 Å². The van der Waals surface area contributed by atoms with Crippen LogP contribution < -0.4 is 9.64 Å². The fraction of sp³-hybridized carbons (Fsp3) is 0.241. The van der Waals surface area contributed by atoms with Crippen LogP contribution in [0.3, 0.4) is 0 Å². The molecule has 7 heteroatoms. The van der Waals surface area contributed by atoms with Crippen LogP contribution in [-0.2, 0) is 13.1 Å². The van der Waals surface area contributed by atoms with Crippen LogP contribution in [0.15, 0.2) is 71.4 Å². The molecule has 0 N–H and O–H groups in total. The van der Waals surface area contributed by atoms with Crippen LogP contribution in [0.5, 0.6) is 5.75 Å². The maximum Gasteiger partial charge on any atom is 0.263 e. The summed E-state index contributed by atoms with van der Waals surface area (Å²) in [4.78, 5) is 32.5. The molecule has 36 heavy (non-hydrogen) atoms. The van der Waals surface area contributed by atoms with Gasteiger partial charge in [-0.05, 0) is 51.5 Å². The molecule has 0 bridgehead atoms. The quantitative estimate of drug-likeness (QED) is 0.350. The Kier molecular flexibility index (Phi) is 5.95. The Labute approximate surface area is 214 Å². The number of hydrogen-bond acceptors (Lipinski definition) is 6. The van der Waals surface area contributed by atoms with Crippen molar-refractivity contribution >= 4 is 39.6 Å². The van der Waals surface area contributed by atoms with Crippen molar-refractivity contribution in [1.29, 1.82) is 0 Å². The number of piperazine rings is 1. The van der Waals surface area contributed by atoms with E-state index in [1.54, 1.807) is 24.5 Å².